The summed E-state index contributed by atoms with van der Waals surface area (Å²) in [6.07, 6.45) is -3.60. The molecule has 3 rings (SSSR count). The highest BCUT2D eigenvalue weighted by molar-refractivity contribution is 6.96. The fourth-order valence-corrected chi connectivity index (χ4v) is 6.18. The molecule has 0 saturated heterocycles. The number of carbonyl (C=O) groups is 1. The average molecular weight is 637 g/mol. The van der Waals surface area contributed by atoms with E-state index in [-0.39, 0.29) is 0 Å². The van der Waals surface area contributed by atoms with Crippen LogP contribution in [0.4, 0.5) is 13.2 Å². The van der Waals surface area contributed by atoms with E-state index in [1.807, 2.05) is 67.7 Å². The summed E-state index contributed by atoms with van der Waals surface area (Å²) in [6, 6.07) is 24.0. The zero-order valence-electron chi connectivity index (χ0n) is 26.1. The van der Waals surface area contributed by atoms with Crippen LogP contribution >= 0.6 is 0 Å². The first-order valence-corrected chi connectivity index (χ1v) is 17.7. The van der Waals surface area contributed by atoms with Gasteiger partial charge in [0.05, 0.1) is 13.7 Å². The molecule has 0 bridgehead atoms. The summed E-state index contributed by atoms with van der Waals surface area (Å²) in [7, 11) is 0.110. The van der Waals surface area contributed by atoms with Crippen LogP contribution in [0.5, 0.6) is 5.75 Å². The molecule has 0 radical (unpaired) electrons. The number of methoxy groups -OCH3 is 2. The Labute approximate surface area is 265 Å². The minimum Gasteiger partial charge on any atom is -0.497 e. The fourth-order valence-electron chi connectivity index (χ4n) is 4.52. The van der Waals surface area contributed by atoms with Gasteiger partial charge in [0.15, 0.2) is 8.07 Å². The predicted molar refractivity (Wildman–Crippen MR) is 171 cm³/mol. The number of carbonyl (C=O) groups excluding carboxylic acids is 1. The molecule has 0 aliphatic rings. The van der Waals surface area contributed by atoms with Crippen molar-refractivity contribution in [1.29, 1.82) is 0 Å². The van der Waals surface area contributed by atoms with Crippen LogP contribution in [0.25, 0.3) is 0 Å². The second-order valence-corrected chi connectivity index (χ2v) is 14.9. The van der Waals surface area contributed by atoms with E-state index in [9.17, 15) is 18.0 Å². The standard InChI is InChI=1S/C36H39F3O5Si/c1-41-31-23-21-29(22-24-31)28-43-26-15-7-5-6-12-18-32(25-27-45(3,4)33-19-13-9-14-20-33)44-34(40)35(42-2,36(37,38)39)30-16-10-8-11-17-30/h8-11,13-14,16-17,19-24,32H,5-7,15,26,28H2,1-4H3/t32-,35-/m1/s1. The molecular formula is C36H39F3O5Si. The summed E-state index contributed by atoms with van der Waals surface area (Å²) in [6.45, 7) is 5.11. The lowest BCUT2D eigenvalue weighted by atomic mass is 9.92. The van der Waals surface area contributed by atoms with Gasteiger partial charge in [-0.1, -0.05) is 104 Å². The molecule has 45 heavy (non-hydrogen) atoms. The third kappa shape index (κ3) is 9.99. The van der Waals surface area contributed by atoms with Crippen molar-refractivity contribution in [2.24, 2.45) is 0 Å². The average Bonchev–Trinajstić information content (AvgIpc) is 3.04. The van der Waals surface area contributed by atoms with Crippen molar-refractivity contribution in [3.63, 3.8) is 0 Å². The van der Waals surface area contributed by atoms with E-state index in [4.69, 9.17) is 18.9 Å². The molecule has 0 aliphatic carbocycles. The molecule has 2 atom stereocenters. The van der Waals surface area contributed by atoms with Crippen molar-refractivity contribution >= 4 is 19.2 Å². The van der Waals surface area contributed by atoms with Crippen molar-refractivity contribution in [3.05, 3.63) is 96.1 Å². The van der Waals surface area contributed by atoms with E-state index in [0.29, 0.717) is 19.6 Å². The maximum absolute atomic E-state index is 14.5. The summed E-state index contributed by atoms with van der Waals surface area (Å²) in [4.78, 5) is 13.3. The van der Waals surface area contributed by atoms with Crippen LogP contribution in [0.15, 0.2) is 84.9 Å². The van der Waals surface area contributed by atoms with Gasteiger partial charge in [-0.2, -0.15) is 13.2 Å². The predicted octanol–water partition coefficient (Wildman–Crippen LogP) is 6.95. The van der Waals surface area contributed by atoms with Gasteiger partial charge in [0, 0.05) is 25.7 Å². The van der Waals surface area contributed by atoms with Crippen molar-refractivity contribution in [2.45, 2.75) is 63.3 Å². The number of esters is 1. The maximum atomic E-state index is 14.5. The molecular weight excluding hydrogens is 597 g/mol. The molecule has 0 heterocycles. The highest BCUT2D eigenvalue weighted by Gasteiger charge is 2.64. The topological polar surface area (TPSA) is 54.0 Å². The molecule has 0 saturated carbocycles. The Kier molecular flexibility index (Phi) is 13.3. The summed E-state index contributed by atoms with van der Waals surface area (Å²) in [5.74, 6) is 7.80. The third-order valence-electron chi connectivity index (χ3n) is 7.16. The molecule has 0 N–H and O–H groups in total. The minimum atomic E-state index is -5.10. The van der Waals surface area contributed by atoms with E-state index in [2.05, 4.69) is 23.3 Å². The van der Waals surface area contributed by atoms with Gasteiger partial charge in [-0.3, -0.25) is 0 Å². The first-order valence-electron chi connectivity index (χ1n) is 14.7. The van der Waals surface area contributed by atoms with Crippen LogP contribution in [0.1, 0.15) is 36.8 Å². The fraction of sp³-hybridized carbons (Fsp3) is 0.361. The van der Waals surface area contributed by atoms with Gasteiger partial charge in [-0.25, -0.2) is 4.79 Å². The molecule has 3 aromatic rings. The number of rotatable bonds is 13. The van der Waals surface area contributed by atoms with Crippen LogP contribution < -0.4 is 9.92 Å². The van der Waals surface area contributed by atoms with E-state index >= 15 is 0 Å². The minimum absolute atomic E-state index is 0.391. The van der Waals surface area contributed by atoms with Gasteiger partial charge in [0.25, 0.3) is 5.60 Å². The number of hydrogen-bond acceptors (Lipinski definition) is 5. The quantitative estimate of drug-likeness (QED) is 0.0880. The molecule has 0 aromatic heterocycles. The van der Waals surface area contributed by atoms with Crippen LogP contribution in [-0.2, 0) is 31.2 Å². The summed E-state index contributed by atoms with van der Waals surface area (Å²) in [5, 5.41) is 1.04. The molecule has 0 fully saturated rings. The number of unbranched alkanes of at least 4 members (excludes halogenated alkanes) is 3. The number of hydrogen-bond donors (Lipinski definition) is 0. The lowest BCUT2D eigenvalue weighted by molar-refractivity contribution is -0.276. The smallest absolute Gasteiger partial charge is 0.432 e. The molecule has 238 valence electrons. The number of halogens is 3. The summed E-state index contributed by atoms with van der Waals surface area (Å²) >= 11 is 0. The lowest BCUT2D eigenvalue weighted by Crippen LogP contribution is -2.52. The highest BCUT2D eigenvalue weighted by atomic mass is 28.3. The van der Waals surface area contributed by atoms with E-state index < -0.39 is 37.5 Å². The molecule has 5 nitrogen and oxygen atoms in total. The Morgan fingerprint density at radius 3 is 2.09 bits per heavy atom. The van der Waals surface area contributed by atoms with E-state index in [0.717, 1.165) is 42.9 Å². The van der Waals surface area contributed by atoms with Gasteiger partial charge in [-0.15, -0.1) is 5.54 Å². The lowest BCUT2D eigenvalue weighted by Gasteiger charge is -2.32. The second-order valence-electron chi connectivity index (χ2n) is 10.8. The Bertz CT molecular complexity index is 1470. The number of ether oxygens (including phenoxy) is 4. The first kappa shape index (κ1) is 35.5. The molecule has 9 heteroatoms. The van der Waals surface area contributed by atoms with Crippen molar-refractivity contribution in [3.8, 4) is 29.1 Å². The molecule has 3 aromatic carbocycles. The Hall–Kier alpha value is -4.02. The first-order chi connectivity index (χ1) is 21.5. The Balaban J connectivity index is 1.68. The van der Waals surface area contributed by atoms with Crippen LogP contribution in [0.2, 0.25) is 13.1 Å². The Morgan fingerprint density at radius 1 is 0.844 bits per heavy atom. The van der Waals surface area contributed by atoms with Gasteiger partial charge >= 0.3 is 12.1 Å². The zero-order chi connectivity index (χ0) is 32.8. The van der Waals surface area contributed by atoms with Crippen molar-refractivity contribution in [1.82, 2.24) is 0 Å². The monoisotopic (exact) mass is 636 g/mol. The van der Waals surface area contributed by atoms with Crippen LogP contribution in [0.3, 0.4) is 0 Å². The maximum Gasteiger partial charge on any atom is 0.432 e. The third-order valence-corrected chi connectivity index (χ3v) is 9.71. The zero-order valence-corrected chi connectivity index (χ0v) is 27.1. The van der Waals surface area contributed by atoms with Crippen LogP contribution in [-0.4, -0.2) is 47.1 Å². The second kappa shape index (κ2) is 16.9. The summed E-state index contributed by atoms with van der Waals surface area (Å²) in [5.41, 5.74) is 0.524. The van der Waals surface area contributed by atoms with E-state index in [1.54, 1.807) is 13.2 Å². The number of alkyl halides is 3. The summed E-state index contributed by atoms with van der Waals surface area (Å²) < 4.78 is 64.6. The molecule has 0 amide bonds. The SMILES string of the molecule is COc1ccc(COCCCCCC#C[C@H](C#C[Si](C)(C)c2ccccc2)OC(=O)[C@](OC)(c2ccccc2)C(F)(F)F)cc1. The Morgan fingerprint density at radius 2 is 1.49 bits per heavy atom. The molecule has 0 spiro atoms. The molecule has 0 aliphatic heterocycles. The molecule has 0 unspecified atom stereocenters. The van der Waals surface area contributed by atoms with Gasteiger partial charge in [0.1, 0.15) is 5.75 Å². The van der Waals surface area contributed by atoms with Gasteiger partial charge < -0.3 is 18.9 Å². The number of benzene rings is 3. The van der Waals surface area contributed by atoms with Crippen LogP contribution in [0, 0.1) is 23.3 Å². The van der Waals surface area contributed by atoms with Gasteiger partial charge in [0.2, 0.25) is 6.10 Å². The highest BCUT2D eigenvalue weighted by Crippen LogP contribution is 2.43. The van der Waals surface area contributed by atoms with Crippen molar-refractivity contribution in [2.75, 3.05) is 20.8 Å². The largest absolute Gasteiger partial charge is 0.497 e. The van der Waals surface area contributed by atoms with E-state index in [1.165, 1.54) is 24.3 Å². The van der Waals surface area contributed by atoms with Gasteiger partial charge in [-0.05, 0) is 41.6 Å². The van der Waals surface area contributed by atoms with Crippen molar-refractivity contribution < 1.29 is 36.9 Å². The normalized spacial score (nSPS) is 13.3.